The molecule has 0 unspecified atom stereocenters. The van der Waals surface area contributed by atoms with Crippen LogP contribution in [0.3, 0.4) is 0 Å². The molecule has 0 aliphatic rings. The minimum Gasteiger partial charge on any atom is -0.361 e. The summed E-state index contributed by atoms with van der Waals surface area (Å²) in [5.74, 6) is 0. The molecule has 85 valence electrons. The second kappa shape index (κ2) is 6.83. The van der Waals surface area contributed by atoms with Crippen molar-refractivity contribution in [1.82, 2.24) is 9.97 Å². The summed E-state index contributed by atoms with van der Waals surface area (Å²) >= 11 is 0. The molecule has 0 spiro atoms. The molecule has 0 bridgehead atoms. The largest absolute Gasteiger partial charge is 0.361 e. The molecular formula is C13H12CuN2. The Balaban J connectivity index is 0.000000162. The van der Waals surface area contributed by atoms with Gasteiger partial charge in [-0.25, -0.2) is 0 Å². The van der Waals surface area contributed by atoms with Crippen LogP contribution in [0.4, 0.5) is 0 Å². The van der Waals surface area contributed by atoms with Crippen molar-refractivity contribution >= 4 is 10.9 Å². The molecule has 2 aromatic heterocycles. The van der Waals surface area contributed by atoms with Crippen LogP contribution in [-0.4, -0.2) is 9.97 Å². The molecule has 3 rings (SSSR count). The SMILES string of the molecule is [Cu].c1ccc2[nH]ccc2c1.c1ccncc1. The molecule has 1 aromatic carbocycles. The molecule has 1 radical (unpaired) electrons. The van der Waals surface area contributed by atoms with Gasteiger partial charge in [-0.3, -0.25) is 4.98 Å². The molecule has 0 saturated carbocycles. The van der Waals surface area contributed by atoms with E-state index >= 15 is 0 Å². The number of hydrogen-bond donors (Lipinski definition) is 1. The zero-order chi connectivity index (χ0) is 10.3. The maximum atomic E-state index is 3.78. The van der Waals surface area contributed by atoms with Gasteiger partial charge in [0.15, 0.2) is 0 Å². The smallest absolute Gasteiger partial charge is 0.0453 e. The van der Waals surface area contributed by atoms with Crippen LogP contribution in [0.2, 0.25) is 0 Å². The van der Waals surface area contributed by atoms with Crippen LogP contribution in [0.25, 0.3) is 10.9 Å². The Kier molecular flexibility index (Phi) is 5.34. The summed E-state index contributed by atoms with van der Waals surface area (Å²) in [7, 11) is 0. The van der Waals surface area contributed by atoms with Gasteiger partial charge in [0.25, 0.3) is 0 Å². The van der Waals surface area contributed by atoms with Gasteiger partial charge in [0.1, 0.15) is 0 Å². The molecule has 0 aliphatic heterocycles. The van der Waals surface area contributed by atoms with E-state index in [1.807, 2.05) is 36.5 Å². The van der Waals surface area contributed by atoms with Crippen LogP contribution in [0.1, 0.15) is 0 Å². The molecule has 2 heterocycles. The number of nitrogens with zero attached hydrogens (tertiary/aromatic N) is 1. The molecule has 3 aromatic rings. The molecular weight excluding hydrogens is 248 g/mol. The van der Waals surface area contributed by atoms with E-state index in [9.17, 15) is 0 Å². The fourth-order valence-electron chi connectivity index (χ4n) is 1.31. The third-order valence-electron chi connectivity index (χ3n) is 2.03. The third kappa shape index (κ3) is 3.54. The van der Waals surface area contributed by atoms with E-state index in [0.717, 1.165) is 0 Å². The zero-order valence-electron chi connectivity index (χ0n) is 8.60. The van der Waals surface area contributed by atoms with Crippen molar-refractivity contribution < 1.29 is 17.1 Å². The second-order valence-electron chi connectivity index (χ2n) is 3.09. The number of aromatic nitrogens is 2. The summed E-state index contributed by atoms with van der Waals surface area (Å²) in [5, 5.41) is 1.28. The van der Waals surface area contributed by atoms with E-state index in [4.69, 9.17) is 0 Å². The number of nitrogens with one attached hydrogen (secondary N) is 1. The fourth-order valence-corrected chi connectivity index (χ4v) is 1.31. The van der Waals surface area contributed by atoms with Gasteiger partial charge in [-0.15, -0.1) is 0 Å². The van der Waals surface area contributed by atoms with E-state index < -0.39 is 0 Å². The number of pyridine rings is 1. The first kappa shape index (κ1) is 12.5. The molecule has 0 saturated heterocycles. The number of benzene rings is 1. The molecule has 0 atom stereocenters. The van der Waals surface area contributed by atoms with Crippen molar-refractivity contribution in [3.8, 4) is 0 Å². The van der Waals surface area contributed by atoms with Crippen LogP contribution >= 0.6 is 0 Å². The average molecular weight is 260 g/mol. The first-order valence-corrected chi connectivity index (χ1v) is 4.84. The summed E-state index contributed by atoms with van der Waals surface area (Å²) in [6, 6.07) is 16.0. The first-order valence-electron chi connectivity index (χ1n) is 4.84. The van der Waals surface area contributed by atoms with E-state index in [0.29, 0.717) is 0 Å². The monoisotopic (exact) mass is 259 g/mol. The molecule has 16 heavy (non-hydrogen) atoms. The van der Waals surface area contributed by atoms with Gasteiger partial charge >= 0.3 is 0 Å². The van der Waals surface area contributed by atoms with Crippen LogP contribution in [0.5, 0.6) is 0 Å². The van der Waals surface area contributed by atoms with Crippen molar-refractivity contribution in [3.05, 3.63) is 67.1 Å². The zero-order valence-corrected chi connectivity index (χ0v) is 9.54. The van der Waals surface area contributed by atoms with Gasteiger partial charge in [-0.2, -0.15) is 0 Å². The Hall–Kier alpha value is -1.57. The average Bonchev–Trinajstić information content (AvgIpc) is 2.80. The Bertz CT molecular complexity index is 448. The molecule has 0 aliphatic carbocycles. The van der Waals surface area contributed by atoms with Crippen LogP contribution in [-0.2, 0) is 17.1 Å². The molecule has 0 amide bonds. The van der Waals surface area contributed by atoms with Crippen LogP contribution in [0.15, 0.2) is 67.1 Å². The van der Waals surface area contributed by atoms with Crippen molar-refractivity contribution in [2.45, 2.75) is 0 Å². The maximum Gasteiger partial charge on any atom is 0.0453 e. The molecule has 2 nitrogen and oxygen atoms in total. The Labute approximate surface area is 105 Å². The van der Waals surface area contributed by atoms with Crippen LogP contribution < -0.4 is 0 Å². The Morgan fingerprint density at radius 2 is 1.56 bits per heavy atom. The predicted molar refractivity (Wildman–Crippen MR) is 62.5 cm³/mol. The second-order valence-corrected chi connectivity index (χ2v) is 3.09. The van der Waals surface area contributed by atoms with Crippen molar-refractivity contribution in [3.63, 3.8) is 0 Å². The summed E-state index contributed by atoms with van der Waals surface area (Å²) in [5.41, 5.74) is 1.21. The summed E-state index contributed by atoms with van der Waals surface area (Å²) < 4.78 is 0. The number of hydrogen-bond acceptors (Lipinski definition) is 1. The van der Waals surface area contributed by atoms with E-state index in [2.05, 4.69) is 28.2 Å². The maximum absolute atomic E-state index is 3.78. The van der Waals surface area contributed by atoms with Crippen molar-refractivity contribution in [1.29, 1.82) is 0 Å². The Morgan fingerprint density at radius 1 is 0.812 bits per heavy atom. The summed E-state index contributed by atoms with van der Waals surface area (Å²) in [6.45, 7) is 0. The van der Waals surface area contributed by atoms with Gasteiger partial charge < -0.3 is 4.98 Å². The summed E-state index contributed by atoms with van der Waals surface area (Å²) in [6.07, 6.45) is 5.45. The number of aromatic amines is 1. The molecule has 1 N–H and O–H groups in total. The van der Waals surface area contributed by atoms with E-state index in [1.54, 1.807) is 12.4 Å². The number of H-pyrrole nitrogens is 1. The third-order valence-corrected chi connectivity index (χ3v) is 2.03. The van der Waals surface area contributed by atoms with Gasteiger partial charge in [0, 0.05) is 41.2 Å². The van der Waals surface area contributed by atoms with Crippen LogP contribution in [0, 0.1) is 0 Å². The van der Waals surface area contributed by atoms with Crippen molar-refractivity contribution in [2.75, 3.05) is 0 Å². The number of fused-ring (bicyclic) bond motifs is 1. The van der Waals surface area contributed by atoms with Gasteiger partial charge in [-0.1, -0.05) is 24.3 Å². The molecule has 0 fully saturated rings. The fraction of sp³-hybridized carbons (Fsp3) is 0. The van der Waals surface area contributed by atoms with Crippen molar-refractivity contribution in [2.24, 2.45) is 0 Å². The topological polar surface area (TPSA) is 28.7 Å². The normalized spacial score (nSPS) is 8.75. The van der Waals surface area contributed by atoms with E-state index in [-0.39, 0.29) is 17.1 Å². The minimum absolute atomic E-state index is 0. The number of rotatable bonds is 0. The quantitative estimate of drug-likeness (QED) is 0.617. The van der Waals surface area contributed by atoms with Gasteiger partial charge in [0.05, 0.1) is 0 Å². The van der Waals surface area contributed by atoms with Gasteiger partial charge in [-0.05, 0) is 29.7 Å². The first-order chi connectivity index (χ1) is 7.47. The molecule has 3 heteroatoms. The standard InChI is InChI=1S/C8H7N.C5H5N.Cu/c1-2-4-8-7(3-1)5-6-9-8;1-2-4-6-5-3-1;/h1-6,9H;1-5H;. The number of para-hydroxylation sites is 1. The predicted octanol–water partition coefficient (Wildman–Crippen LogP) is 3.25. The summed E-state index contributed by atoms with van der Waals surface area (Å²) in [4.78, 5) is 6.90. The van der Waals surface area contributed by atoms with E-state index in [1.165, 1.54) is 10.9 Å². The van der Waals surface area contributed by atoms with Gasteiger partial charge in [0.2, 0.25) is 0 Å². The Morgan fingerprint density at radius 3 is 2.12 bits per heavy atom. The minimum atomic E-state index is 0.